The molecule has 1 heterocycles. The highest BCUT2D eigenvalue weighted by Gasteiger charge is 2.25. The largest absolute Gasteiger partial charge is 0.465 e. The van der Waals surface area contributed by atoms with Crippen LogP contribution in [0.25, 0.3) is 11.3 Å². The SMILES string of the molecule is COC(=O)c1cc(Cl)c[n+](O)c1-c1ccccc1. The van der Waals surface area contributed by atoms with Crippen molar-refractivity contribution in [1.82, 2.24) is 0 Å². The van der Waals surface area contributed by atoms with Gasteiger partial charge in [0.05, 0.1) is 12.7 Å². The highest BCUT2D eigenvalue weighted by Crippen LogP contribution is 2.22. The van der Waals surface area contributed by atoms with Crippen molar-refractivity contribution in [3.05, 3.63) is 53.2 Å². The van der Waals surface area contributed by atoms with Crippen LogP contribution in [-0.2, 0) is 4.74 Å². The van der Waals surface area contributed by atoms with Gasteiger partial charge in [0.25, 0.3) is 5.69 Å². The first kappa shape index (κ1) is 12.4. The summed E-state index contributed by atoms with van der Waals surface area (Å²) in [5, 5.41) is 10.1. The first-order chi connectivity index (χ1) is 8.63. The standard InChI is InChI=1S/C13H11ClNO3/c1-18-13(16)11-7-10(14)8-15(17)12(11)9-5-3-2-4-6-9/h2-8,17H,1H3/q+1. The van der Waals surface area contributed by atoms with Gasteiger partial charge in [0, 0.05) is 4.73 Å². The molecule has 0 saturated carbocycles. The molecule has 0 aliphatic heterocycles. The van der Waals surface area contributed by atoms with Crippen molar-refractivity contribution in [2.75, 3.05) is 7.11 Å². The molecule has 0 atom stereocenters. The summed E-state index contributed by atoms with van der Waals surface area (Å²) in [5.74, 6) is -0.556. The molecule has 5 heteroatoms. The van der Waals surface area contributed by atoms with Crippen molar-refractivity contribution in [2.45, 2.75) is 0 Å². The van der Waals surface area contributed by atoms with Crippen molar-refractivity contribution in [3.8, 4) is 11.3 Å². The van der Waals surface area contributed by atoms with E-state index in [1.165, 1.54) is 19.4 Å². The summed E-state index contributed by atoms with van der Waals surface area (Å²) in [7, 11) is 1.28. The van der Waals surface area contributed by atoms with Gasteiger partial charge in [0.2, 0.25) is 6.20 Å². The first-order valence-corrected chi connectivity index (χ1v) is 5.59. The number of benzene rings is 1. The highest BCUT2D eigenvalue weighted by molar-refractivity contribution is 6.30. The van der Waals surface area contributed by atoms with E-state index in [2.05, 4.69) is 4.74 Å². The quantitative estimate of drug-likeness (QED) is 0.514. The van der Waals surface area contributed by atoms with Crippen molar-refractivity contribution < 1.29 is 19.5 Å². The lowest BCUT2D eigenvalue weighted by atomic mass is 10.1. The number of hydrogen-bond acceptors (Lipinski definition) is 3. The van der Waals surface area contributed by atoms with Gasteiger partial charge in [-0.1, -0.05) is 29.8 Å². The number of halogens is 1. The molecule has 0 fully saturated rings. The minimum absolute atomic E-state index is 0.207. The maximum atomic E-state index is 11.7. The van der Waals surface area contributed by atoms with Crippen LogP contribution in [0.4, 0.5) is 0 Å². The average Bonchev–Trinajstić information content (AvgIpc) is 2.38. The van der Waals surface area contributed by atoms with E-state index in [0.717, 1.165) is 4.73 Å². The van der Waals surface area contributed by atoms with Crippen LogP contribution in [0.1, 0.15) is 10.4 Å². The molecule has 1 N–H and O–H groups in total. The van der Waals surface area contributed by atoms with E-state index in [9.17, 15) is 10.0 Å². The minimum atomic E-state index is -0.556. The van der Waals surface area contributed by atoms with E-state index in [1.807, 2.05) is 18.2 Å². The van der Waals surface area contributed by atoms with Crippen LogP contribution in [0.5, 0.6) is 0 Å². The van der Waals surface area contributed by atoms with Crippen LogP contribution >= 0.6 is 11.6 Å². The fourth-order valence-electron chi connectivity index (χ4n) is 1.70. The third-order valence-corrected chi connectivity index (χ3v) is 2.67. The fraction of sp³-hybridized carbons (Fsp3) is 0.0769. The number of esters is 1. The number of pyridine rings is 1. The highest BCUT2D eigenvalue weighted by atomic mass is 35.5. The number of rotatable bonds is 2. The number of hydrogen-bond donors (Lipinski definition) is 1. The van der Waals surface area contributed by atoms with Gasteiger partial charge in [-0.05, 0) is 18.2 Å². The molecule has 0 aliphatic rings. The summed E-state index contributed by atoms with van der Waals surface area (Å²) in [5.41, 5.74) is 1.24. The van der Waals surface area contributed by atoms with Gasteiger partial charge in [-0.3, -0.25) is 5.21 Å². The van der Waals surface area contributed by atoms with Gasteiger partial charge in [0.1, 0.15) is 10.6 Å². The van der Waals surface area contributed by atoms with Crippen molar-refractivity contribution in [3.63, 3.8) is 0 Å². The van der Waals surface area contributed by atoms with E-state index < -0.39 is 5.97 Å². The topological polar surface area (TPSA) is 50.4 Å². The van der Waals surface area contributed by atoms with Gasteiger partial charge in [-0.2, -0.15) is 0 Å². The molecule has 0 spiro atoms. The predicted octanol–water partition coefficient (Wildman–Crippen LogP) is 2.32. The van der Waals surface area contributed by atoms with E-state index in [4.69, 9.17) is 11.6 Å². The zero-order valence-electron chi connectivity index (χ0n) is 9.63. The maximum Gasteiger partial charge on any atom is 0.344 e. The summed E-state index contributed by atoms with van der Waals surface area (Å²) in [6.07, 6.45) is 1.32. The molecule has 0 aliphatic carbocycles. The molecule has 0 bridgehead atoms. The Hall–Kier alpha value is -2.07. The van der Waals surface area contributed by atoms with E-state index in [-0.39, 0.29) is 10.6 Å². The van der Waals surface area contributed by atoms with Crippen LogP contribution in [0.2, 0.25) is 5.02 Å². The molecule has 2 rings (SSSR count). The Balaban J connectivity index is 2.69. The molecule has 1 aromatic heterocycles. The third kappa shape index (κ3) is 2.28. The van der Waals surface area contributed by atoms with E-state index in [1.54, 1.807) is 12.1 Å². The number of aromatic nitrogens is 1. The molecule has 0 saturated heterocycles. The lowest BCUT2D eigenvalue weighted by Gasteiger charge is -2.04. The Kier molecular flexibility index (Phi) is 3.48. The second-order valence-corrected chi connectivity index (χ2v) is 4.06. The van der Waals surface area contributed by atoms with Crippen LogP contribution in [0.3, 0.4) is 0 Å². The molecule has 1 aromatic carbocycles. The van der Waals surface area contributed by atoms with Crippen molar-refractivity contribution in [2.24, 2.45) is 0 Å². The molecule has 4 nitrogen and oxygen atoms in total. The van der Waals surface area contributed by atoms with Crippen molar-refractivity contribution in [1.29, 1.82) is 0 Å². The third-order valence-electron chi connectivity index (χ3n) is 2.46. The normalized spacial score (nSPS) is 10.1. The molecule has 0 unspecified atom stereocenters. The first-order valence-electron chi connectivity index (χ1n) is 5.21. The summed E-state index contributed by atoms with van der Waals surface area (Å²) in [6.45, 7) is 0. The Labute approximate surface area is 109 Å². The van der Waals surface area contributed by atoms with Crippen LogP contribution < -0.4 is 4.73 Å². The van der Waals surface area contributed by atoms with Gasteiger partial charge < -0.3 is 4.74 Å². The smallest absolute Gasteiger partial charge is 0.344 e. The number of methoxy groups -OCH3 is 1. The van der Waals surface area contributed by atoms with Crippen LogP contribution in [0.15, 0.2) is 42.6 Å². The Morgan fingerprint density at radius 2 is 2.00 bits per heavy atom. The molecule has 0 radical (unpaired) electrons. The van der Waals surface area contributed by atoms with Gasteiger partial charge in [-0.15, -0.1) is 0 Å². The predicted molar refractivity (Wildman–Crippen MR) is 65.6 cm³/mol. The van der Waals surface area contributed by atoms with Gasteiger partial charge in [-0.25, -0.2) is 4.79 Å². The Bertz CT molecular complexity index is 584. The average molecular weight is 265 g/mol. The van der Waals surface area contributed by atoms with Crippen molar-refractivity contribution >= 4 is 17.6 Å². The molecule has 2 aromatic rings. The summed E-state index contributed by atoms with van der Waals surface area (Å²) in [4.78, 5) is 11.7. The molecular formula is C13H11ClNO3+. The zero-order chi connectivity index (χ0) is 13.1. The Morgan fingerprint density at radius 3 is 2.61 bits per heavy atom. The zero-order valence-corrected chi connectivity index (χ0v) is 10.4. The number of carbonyl (C=O) groups excluding carboxylic acids is 1. The van der Waals surface area contributed by atoms with E-state index >= 15 is 0 Å². The lowest BCUT2D eigenvalue weighted by Crippen LogP contribution is -2.34. The summed E-state index contributed by atoms with van der Waals surface area (Å²) in [6, 6.07) is 10.5. The fourth-order valence-corrected chi connectivity index (χ4v) is 1.90. The number of nitrogens with zero attached hydrogens (tertiary/aromatic N) is 1. The molecular weight excluding hydrogens is 254 g/mol. The summed E-state index contributed by atoms with van der Waals surface area (Å²) >= 11 is 5.82. The van der Waals surface area contributed by atoms with Crippen LogP contribution in [0, 0.1) is 0 Å². The molecule has 92 valence electrons. The molecule has 18 heavy (non-hydrogen) atoms. The Morgan fingerprint density at radius 1 is 1.33 bits per heavy atom. The van der Waals surface area contributed by atoms with E-state index in [0.29, 0.717) is 11.3 Å². The summed E-state index contributed by atoms with van der Waals surface area (Å²) < 4.78 is 5.51. The molecule has 0 amide bonds. The minimum Gasteiger partial charge on any atom is -0.465 e. The lowest BCUT2D eigenvalue weighted by molar-refractivity contribution is -0.896. The number of carbonyl (C=O) groups is 1. The maximum absolute atomic E-state index is 11.7. The monoisotopic (exact) mass is 264 g/mol. The van der Waals surface area contributed by atoms with Gasteiger partial charge in [0.15, 0.2) is 0 Å². The van der Waals surface area contributed by atoms with Gasteiger partial charge >= 0.3 is 5.97 Å². The second kappa shape index (κ2) is 5.06. The second-order valence-electron chi connectivity index (χ2n) is 3.62. The number of ether oxygens (including phenoxy) is 1. The van der Waals surface area contributed by atoms with Crippen LogP contribution in [-0.4, -0.2) is 18.3 Å².